The number of hydrogen-bond donors (Lipinski definition) is 1. The summed E-state index contributed by atoms with van der Waals surface area (Å²) in [6.45, 7) is 1.57. The van der Waals surface area contributed by atoms with Gasteiger partial charge in [-0.1, -0.05) is 0 Å². The minimum Gasteiger partial charge on any atom is -0.480 e. The fourth-order valence-electron chi connectivity index (χ4n) is 1.80. The van der Waals surface area contributed by atoms with Crippen LogP contribution in [0.2, 0.25) is 0 Å². The number of nitrogens with zero attached hydrogens (tertiary/aromatic N) is 1. The van der Waals surface area contributed by atoms with Crippen LogP contribution in [0.1, 0.15) is 19.8 Å². The van der Waals surface area contributed by atoms with Crippen molar-refractivity contribution in [3.63, 3.8) is 0 Å². The summed E-state index contributed by atoms with van der Waals surface area (Å²) in [4.78, 5) is 12.0. The van der Waals surface area contributed by atoms with Crippen LogP contribution < -0.4 is 0 Å². The monoisotopic (exact) mass is 207 g/mol. The average Bonchev–Trinajstić information content (AvgIpc) is 2.01. The van der Waals surface area contributed by atoms with Gasteiger partial charge in [0.25, 0.3) is 0 Å². The van der Waals surface area contributed by atoms with Gasteiger partial charge in [-0.3, -0.25) is 9.69 Å². The van der Waals surface area contributed by atoms with E-state index in [0.717, 1.165) is 6.92 Å². The van der Waals surface area contributed by atoms with Crippen molar-refractivity contribution in [2.75, 3.05) is 19.6 Å². The number of aliphatic carboxylic acids is 1. The van der Waals surface area contributed by atoms with Crippen LogP contribution in [-0.4, -0.2) is 41.5 Å². The highest BCUT2D eigenvalue weighted by Gasteiger charge is 2.37. The molecule has 1 aliphatic heterocycles. The first-order chi connectivity index (χ1) is 6.39. The van der Waals surface area contributed by atoms with Crippen molar-refractivity contribution in [3.05, 3.63) is 0 Å². The molecule has 1 aliphatic rings. The van der Waals surface area contributed by atoms with Crippen LogP contribution in [0.3, 0.4) is 0 Å². The summed E-state index contributed by atoms with van der Waals surface area (Å²) < 4.78 is 25.9. The van der Waals surface area contributed by atoms with E-state index in [1.807, 2.05) is 0 Å². The molecule has 3 nitrogen and oxygen atoms in total. The second-order valence-corrected chi connectivity index (χ2v) is 3.92. The van der Waals surface area contributed by atoms with E-state index in [9.17, 15) is 13.6 Å². The molecule has 1 heterocycles. The van der Waals surface area contributed by atoms with Gasteiger partial charge >= 0.3 is 5.97 Å². The molecule has 0 aromatic rings. The zero-order valence-electron chi connectivity index (χ0n) is 8.17. The van der Waals surface area contributed by atoms with Gasteiger partial charge in [-0.25, -0.2) is 8.78 Å². The van der Waals surface area contributed by atoms with Crippen molar-refractivity contribution in [3.8, 4) is 0 Å². The van der Waals surface area contributed by atoms with Gasteiger partial charge < -0.3 is 5.11 Å². The van der Waals surface area contributed by atoms with E-state index < -0.39 is 17.8 Å². The molecule has 1 saturated heterocycles. The molecular formula is C9H15F2NO2. The van der Waals surface area contributed by atoms with Gasteiger partial charge in [-0.2, -0.15) is 0 Å². The van der Waals surface area contributed by atoms with Gasteiger partial charge in [-0.05, 0) is 26.3 Å². The molecule has 1 rings (SSSR count). The smallest absolute Gasteiger partial charge is 0.317 e. The van der Waals surface area contributed by atoms with Crippen LogP contribution in [0.4, 0.5) is 8.78 Å². The molecule has 1 N–H and O–H groups in total. The minimum absolute atomic E-state index is 0.132. The highest BCUT2D eigenvalue weighted by Crippen LogP contribution is 2.31. The van der Waals surface area contributed by atoms with Gasteiger partial charge in [0.1, 0.15) is 0 Å². The van der Waals surface area contributed by atoms with Crippen LogP contribution in [0, 0.1) is 5.92 Å². The number of carboxylic acids is 1. The number of carbonyl (C=O) groups is 1. The van der Waals surface area contributed by atoms with E-state index in [0.29, 0.717) is 19.4 Å². The van der Waals surface area contributed by atoms with Gasteiger partial charge in [0, 0.05) is 12.5 Å². The molecule has 1 atom stereocenters. The zero-order chi connectivity index (χ0) is 10.8. The minimum atomic E-state index is -2.70. The lowest BCUT2D eigenvalue weighted by atomic mass is 9.93. The van der Waals surface area contributed by atoms with E-state index in [1.165, 1.54) is 0 Å². The van der Waals surface area contributed by atoms with E-state index in [2.05, 4.69) is 0 Å². The SMILES string of the molecule is CC(F)(F)[C@@H]1CCCN(CC(=O)O)C1. The number of hydrogen-bond acceptors (Lipinski definition) is 2. The Labute approximate surface area is 81.7 Å². The van der Waals surface area contributed by atoms with Gasteiger partial charge in [-0.15, -0.1) is 0 Å². The predicted octanol–water partition coefficient (Wildman–Crippen LogP) is 1.44. The average molecular weight is 207 g/mol. The molecular weight excluding hydrogens is 192 g/mol. The van der Waals surface area contributed by atoms with Crippen LogP contribution >= 0.6 is 0 Å². The number of likely N-dealkylation sites (tertiary alicyclic amines) is 1. The van der Waals surface area contributed by atoms with Crippen molar-refractivity contribution in [1.82, 2.24) is 4.90 Å². The van der Waals surface area contributed by atoms with Crippen LogP contribution in [-0.2, 0) is 4.79 Å². The van der Waals surface area contributed by atoms with Crippen molar-refractivity contribution in [1.29, 1.82) is 0 Å². The maximum absolute atomic E-state index is 12.9. The van der Waals surface area contributed by atoms with Crippen LogP contribution in [0.15, 0.2) is 0 Å². The maximum Gasteiger partial charge on any atom is 0.317 e. The first-order valence-electron chi connectivity index (χ1n) is 4.71. The molecule has 0 aromatic carbocycles. The zero-order valence-corrected chi connectivity index (χ0v) is 8.17. The summed E-state index contributed by atoms with van der Waals surface area (Å²) in [5, 5.41) is 8.53. The quantitative estimate of drug-likeness (QED) is 0.761. The fraction of sp³-hybridized carbons (Fsp3) is 0.889. The lowest BCUT2D eigenvalue weighted by Gasteiger charge is -2.34. The third kappa shape index (κ3) is 3.21. The third-order valence-electron chi connectivity index (χ3n) is 2.58. The van der Waals surface area contributed by atoms with Gasteiger partial charge in [0.15, 0.2) is 0 Å². The predicted molar refractivity (Wildman–Crippen MR) is 47.4 cm³/mol. The highest BCUT2D eigenvalue weighted by molar-refractivity contribution is 5.69. The van der Waals surface area contributed by atoms with Gasteiger partial charge in [0.05, 0.1) is 6.54 Å². The summed E-state index contributed by atoms with van der Waals surface area (Å²) in [6, 6.07) is 0. The fourth-order valence-corrected chi connectivity index (χ4v) is 1.80. The normalized spacial score (nSPS) is 24.9. The molecule has 0 amide bonds. The standard InChI is InChI=1S/C9H15F2NO2/c1-9(10,11)7-3-2-4-12(5-7)6-8(13)14/h7H,2-6H2,1H3,(H,13,14)/t7-/m1/s1. The number of rotatable bonds is 3. The third-order valence-corrected chi connectivity index (χ3v) is 2.58. The number of alkyl halides is 2. The van der Waals surface area contributed by atoms with E-state index >= 15 is 0 Å². The first-order valence-corrected chi connectivity index (χ1v) is 4.71. The molecule has 5 heteroatoms. The Hall–Kier alpha value is -0.710. The summed E-state index contributed by atoms with van der Waals surface area (Å²) in [7, 11) is 0. The van der Waals surface area contributed by atoms with Crippen molar-refractivity contribution in [2.45, 2.75) is 25.7 Å². The molecule has 0 saturated carbocycles. The second-order valence-electron chi connectivity index (χ2n) is 3.92. The summed E-state index contributed by atoms with van der Waals surface area (Å²) >= 11 is 0. The molecule has 0 bridgehead atoms. The van der Waals surface area contributed by atoms with E-state index in [-0.39, 0.29) is 13.1 Å². The van der Waals surface area contributed by atoms with Crippen LogP contribution in [0.25, 0.3) is 0 Å². The molecule has 14 heavy (non-hydrogen) atoms. The second kappa shape index (κ2) is 4.21. The molecule has 0 unspecified atom stereocenters. The number of carboxylic acid groups (broad SMARTS) is 1. The Kier molecular flexibility index (Phi) is 3.42. The molecule has 0 aliphatic carbocycles. The summed E-state index contributed by atoms with van der Waals surface area (Å²) in [5.74, 6) is -4.35. The largest absolute Gasteiger partial charge is 0.480 e. The Morgan fingerprint density at radius 1 is 1.64 bits per heavy atom. The Bertz CT molecular complexity index is 215. The summed E-state index contributed by atoms with van der Waals surface area (Å²) in [5.41, 5.74) is 0. The van der Waals surface area contributed by atoms with Crippen LogP contribution in [0.5, 0.6) is 0 Å². The lowest BCUT2D eigenvalue weighted by molar-refractivity contribution is -0.140. The maximum atomic E-state index is 12.9. The highest BCUT2D eigenvalue weighted by atomic mass is 19.3. The number of piperidine rings is 1. The molecule has 0 aromatic heterocycles. The van der Waals surface area contributed by atoms with Gasteiger partial charge in [0.2, 0.25) is 5.92 Å². The van der Waals surface area contributed by atoms with E-state index in [1.54, 1.807) is 4.90 Å². The summed E-state index contributed by atoms with van der Waals surface area (Å²) in [6.07, 6.45) is 1.14. The Morgan fingerprint density at radius 2 is 2.29 bits per heavy atom. The topological polar surface area (TPSA) is 40.5 Å². The van der Waals surface area contributed by atoms with E-state index in [4.69, 9.17) is 5.11 Å². The van der Waals surface area contributed by atoms with Crippen molar-refractivity contribution >= 4 is 5.97 Å². The number of halogens is 2. The van der Waals surface area contributed by atoms with Crippen molar-refractivity contribution in [2.24, 2.45) is 5.92 Å². The molecule has 1 fully saturated rings. The van der Waals surface area contributed by atoms with Crippen molar-refractivity contribution < 1.29 is 18.7 Å². The Morgan fingerprint density at radius 3 is 2.79 bits per heavy atom. The first kappa shape index (κ1) is 11.4. The molecule has 82 valence electrons. The molecule has 0 radical (unpaired) electrons. The lowest BCUT2D eigenvalue weighted by Crippen LogP contribution is -2.44. The Balaban J connectivity index is 2.48. The molecule has 0 spiro atoms.